The van der Waals surface area contributed by atoms with Crippen LogP contribution in [0.4, 0.5) is 4.39 Å². The summed E-state index contributed by atoms with van der Waals surface area (Å²) in [5.74, 6) is 0.689. The first-order chi connectivity index (χ1) is 19.0. The van der Waals surface area contributed by atoms with Gasteiger partial charge in [0, 0.05) is 36.2 Å². The van der Waals surface area contributed by atoms with Crippen molar-refractivity contribution in [3.63, 3.8) is 0 Å². The number of nitrogens with zero attached hydrogens (tertiary/aromatic N) is 2. The van der Waals surface area contributed by atoms with E-state index >= 15 is 0 Å². The van der Waals surface area contributed by atoms with E-state index < -0.39 is 0 Å². The van der Waals surface area contributed by atoms with Crippen LogP contribution in [-0.4, -0.2) is 67.4 Å². The fourth-order valence-corrected chi connectivity index (χ4v) is 6.25. The van der Waals surface area contributed by atoms with Crippen molar-refractivity contribution in [2.45, 2.75) is 31.4 Å². The molecular formula is C29H29FN2O6S. The van der Waals surface area contributed by atoms with Gasteiger partial charge in [-0.2, -0.15) is 0 Å². The van der Waals surface area contributed by atoms with Crippen molar-refractivity contribution in [2.75, 3.05) is 39.6 Å². The molecular weight excluding hydrogens is 523 g/mol. The standard InChI is InChI=1S/C29H29FN2O6S/c30-20-3-1-4-21(14-20)36-17-24-23-9-12-39-27(23)8-10-32(24)28(33)16-31(15-22-5-2-11-35-22)29(34)19-6-7-25-26(13-19)38-18-37-25/h1,3-4,6-7,9,12-14,22,24H,2,5,8,10-11,15-18H2/t22-,24+/m0/s1. The SMILES string of the molecule is O=C(c1ccc2c(c1)OCO2)N(CC(=O)N1CCc2sccc2[C@H]1COc1cccc(F)c1)C[C@@H]1CCCO1. The van der Waals surface area contributed by atoms with Crippen LogP contribution in [0, 0.1) is 5.82 Å². The molecule has 1 saturated heterocycles. The predicted molar refractivity (Wildman–Crippen MR) is 142 cm³/mol. The summed E-state index contributed by atoms with van der Waals surface area (Å²) in [6.07, 6.45) is 2.38. The van der Waals surface area contributed by atoms with Gasteiger partial charge in [-0.25, -0.2) is 4.39 Å². The van der Waals surface area contributed by atoms with Gasteiger partial charge < -0.3 is 28.7 Å². The summed E-state index contributed by atoms with van der Waals surface area (Å²) in [6.45, 7) is 1.68. The molecule has 2 amide bonds. The number of ether oxygens (including phenoxy) is 4. The minimum Gasteiger partial charge on any atom is -0.491 e. The zero-order chi connectivity index (χ0) is 26.8. The molecule has 3 aliphatic rings. The third-order valence-corrected chi connectivity index (χ3v) is 8.30. The van der Waals surface area contributed by atoms with Crippen molar-refractivity contribution in [1.29, 1.82) is 0 Å². The van der Waals surface area contributed by atoms with E-state index in [1.165, 1.54) is 17.0 Å². The molecule has 0 spiro atoms. The van der Waals surface area contributed by atoms with E-state index in [9.17, 15) is 14.0 Å². The Morgan fingerprint density at radius 2 is 2.03 bits per heavy atom. The molecule has 0 saturated carbocycles. The molecule has 1 fully saturated rings. The normalized spacial score (nSPS) is 19.6. The van der Waals surface area contributed by atoms with Crippen LogP contribution in [0.3, 0.4) is 0 Å². The largest absolute Gasteiger partial charge is 0.491 e. The Labute approximate surface area is 229 Å². The highest BCUT2D eigenvalue weighted by Gasteiger charge is 2.35. The minimum atomic E-state index is -0.382. The van der Waals surface area contributed by atoms with Gasteiger partial charge in [-0.15, -0.1) is 11.3 Å². The van der Waals surface area contributed by atoms with E-state index in [0.29, 0.717) is 42.5 Å². The highest BCUT2D eigenvalue weighted by Crippen LogP contribution is 2.35. The molecule has 0 aliphatic carbocycles. The fourth-order valence-electron chi connectivity index (χ4n) is 5.33. The van der Waals surface area contributed by atoms with Gasteiger partial charge in [-0.3, -0.25) is 9.59 Å². The molecule has 204 valence electrons. The predicted octanol–water partition coefficient (Wildman–Crippen LogP) is 4.44. The summed E-state index contributed by atoms with van der Waals surface area (Å²) < 4.78 is 36.3. The second-order valence-electron chi connectivity index (χ2n) is 9.81. The van der Waals surface area contributed by atoms with E-state index in [1.54, 1.807) is 51.5 Å². The molecule has 0 bridgehead atoms. The lowest BCUT2D eigenvalue weighted by atomic mass is 10.00. The molecule has 3 aromatic rings. The van der Waals surface area contributed by atoms with Gasteiger partial charge in [0.1, 0.15) is 24.7 Å². The van der Waals surface area contributed by atoms with Crippen molar-refractivity contribution in [3.05, 3.63) is 75.7 Å². The number of thiophene rings is 1. The average Bonchev–Trinajstić information content (AvgIpc) is 3.72. The molecule has 10 heteroatoms. The number of amides is 2. The third-order valence-electron chi connectivity index (χ3n) is 7.30. The Bertz CT molecular complexity index is 1360. The monoisotopic (exact) mass is 552 g/mol. The summed E-state index contributed by atoms with van der Waals surface area (Å²) in [4.78, 5) is 32.1. The molecule has 0 unspecified atom stereocenters. The Morgan fingerprint density at radius 1 is 1.13 bits per heavy atom. The average molecular weight is 553 g/mol. The van der Waals surface area contributed by atoms with Crippen LogP contribution >= 0.6 is 11.3 Å². The van der Waals surface area contributed by atoms with Crippen LogP contribution in [0.5, 0.6) is 17.2 Å². The zero-order valence-electron chi connectivity index (χ0n) is 21.3. The summed E-state index contributed by atoms with van der Waals surface area (Å²) in [6, 6.07) is 12.7. The van der Waals surface area contributed by atoms with Gasteiger partial charge in [0.05, 0.1) is 12.1 Å². The van der Waals surface area contributed by atoms with Crippen molar-refractivity contribution < 1.29 is 32.9 Å². The number of hydrogen-bond acceptors (Lipinski definition) is 7. The summed E-state index contributed by atoms with van der Waals surface area (Å²) >= 11 is 1.66. The first-order valence-corrected chi connectivity index (χ1v) is 14.0. The van der Waals surface area contributed by atoms with E-state index in [2.05, 4.69) is 0 Å². The van der Waals surface area contributed by atoms with Crippen LogP contribution in [0.2, 0.25) is 0 Å². The highest BCUT2D eigenvalue weighted by atomic mass is 32.1. The Hall–Kier alpha value is -3.63. The first-order valence-electron chi connectivity index (χ1n) is 13.1. The number of benzene rings is 2. The Kier molecular flexibility index (Phi) is 7.38. The van der Waals surface area contributed by atoms with Crippen molar-refractivity contribution in [3.8, 4) is 17.2 Å². The highest BCUT2D eigenvalue weighted by molar-refractivity contribution is 7.10. The number of carbonyl (C=O) groups is 2. The van der Waals surface area contributed by atoms with E-state index in [-0.39, 0.29) is 49.7 Å². The number of hydrogen-bond donors (Lipinski definition) is 0. The van der Waals surface area contributed by atoms with Gasteiger partial charge in [0.15, 0.2) is 11.5 Å². The molecule has 8 nitrogen and oxygen atoms in total. The van der Waals surface area contributed by atoms with Gasteiger partial charge in [-0.1, -0.05) is 6.07 Å². The lowest BCUT2D eigenvalue weighted by molar-refractivity contribution is -0.135. The maximum Gasteiger partial charge on any atom is 0.254 e. The minimum absolute atomic E-state index is 0.0942. The van der Waals surface area contributed by atoms with E-state index in [0.717, 1.165) is 24.8 Å². The summed E-state index contributed by atoms with van der Waals surface area (Å²) in [7, 11) is 0. The molecule has 0 N–H and O–H groups in total. The fraction of sp³-hybridized carbons (Fsp3) is 0.379. The summed E-state index contributed by atoms with van der Waals surface area (Å²) in [5, 5.41) is 2.01. The van der Waals surface area contributed by atoms with Gasteiger partial charge >= 0.3 is 0 Å². The number of carbonyl (C=O) groups excluding carboxylic acids is 2. The van der Waals surface area contributed by atoms with Gasteiger partial charge in [0.25, 0.3) is 5.91 Å². The number of halogens is 1. The molecule has 3 aliphatic heterocycles. The second-order valence-corrected chi connectivity index (χ2v) is 10.8. The molecule has 39 heavy (non-hydrogen) atoms. The van der Waals surface area contributed by atoms with Crippen molar-refractivity contribution in [1.82, 2.24) is 9.80 Å². The van der Waals surface area contributed by atoms with Crippen LogP contribution in [0.25, 0.3) is 0 Å². The lowest BCUT2D eigenvalue weighted by Gasteiger charge is -2.37. The topological polar surface area (TPSA) is 77.5 Å². The van der Waals surface area contributed by atoms with Crippen LogP contribution in [0.15, 0.2) is 53.9 Å². The van der Waals surface area contributed by atoms with E-state index in [1.807, 2.05) is 11.4 Å². The van der Waals surface area contributed by atoms with E-state index in [4.69, 9.17) is 18.9 Å². The maximum absolute atomic E-state index is 13.8. The molecule has 1 aromatic heterocycles. The quantitative estimate of drug-likeness (QED) is 0.411. The number of fused-ring (bicyclic) bond motifs is 2. The maximum atomic E-state index is 13.8. The molecule has 4 heterocycles. The molecule has 0 radical (unpaired) electrons. The Morgan fingerprint density at radius 3 is 2.87 bits per heavy atom. The Balaban J connectivity index is 1.22. The van der Waals surface area contributed by atoms with Crippen LogP contribution in [0.1, 0.15) is 39.7 Å². The number of rotatable bonds is 8. The lowest BCUT2D eigenvalue weighted by Crippen LogP contribution is -2.49. The van der Waals surface area contributed by atoms with Crippen LogP contribution < -0.4 is 14.2 Å². The molecule has 2 atom stereocenters. The summed E-state index contributed by atoms with van der Waals surface area (Å²) in [5.41, 5.74) is 1.46. The molecule has 2 aromatic carbocycles. The first kappa shape index (κ1) is 25.6. The van der Waals surface area contributed by atoms with Gasteiger partial charge in [-0.05, 0) is 66.6 Å². The smallest absolute Gasteiger partial charge is 0.254 e. The van der Waals surface area contributed by atoms with Crippen molar-refractivity contribution >= 4 is 23.2 Å². The van der Waals surface area contributed by atoms with Gasteiger partial charge in [0.2, 0.25) is 12.7 Å². The zero-order valence-corrected chi connectivity index (χ0v) is 22.2. The molecule has 6 rings (SSSR count). The van der Waals surface area contributed by atoms with Crippen LogP contribution in [-0.2, 0) is 16.0 Å². The van der Waals surface area contributed by atoms with Crippen molar-refractivity contribution in [2.24, 2.45) is 0 Å². The third kappa shape index (κ3) is 5.58. The second kappa shape index (κ2) is 11.2.